The molecule has 0 aliphatic heterocycles. The minimum Gasteiger partial charge on any atom is -0.480 e. The predicted octanol–water partition coefficient (Wildman–Crippen LogP) is 2.33. The number of benzene rings is 2. The molecule has 0 fully saturated rings. The minimum absolute atomic E-state index is 0.208. The number of halogens is 2. The van der Waals surface area contributed by atoms with Gasteiger partial charge in [0.05, 0.1) is 13.2 Å². The largest absolute Gasteiger partial charge is 0.480 e. The van der Waals surface area contributed by atoms with Crippen molar-refractivity contribution in [3.63, 3.8) is 0 Å². The van der Waals surface area contributed by atoms with Crippen molar-refractivity contribution < 1.29 is 43.2 Å². The highest BCUT2D eigenvalue weighted by molar-refractivity contribution is 5.90. The van der Waals surface area contributed by atoms with Gasteiger partial charge in [-0.15, -0.1) is 0 Å². The van der Waals surface area contributed by atoms with E-state index in [0.29, 0.717) is 11.1 Å². The molecule has 0 saturated heterocycles. The molecule has 2 aromatic rings. The Balaban J connectivity index is 1.80. The highest BCUT2D eigenvalue weighted by Crippen LogP contribution is 2.35. The molecule has 4 N–H and O–H groups in total. The van der Waals surface area contributed by atoms with Crippen LogP contribution in [0, 0.1) is 11.6 Å². The summed E-state index contributed by atoms with van der Waals surface area (Å²) in [6.45, 7) is -1.01. The molecule has 1 aliphatic carbocycles. The number of carbonyl (C=O) groups is 2. The van der Waals surface area contributed by atoms with Crippen molar-refractivity contribution >= 4 is 11.9 Å². The van der Waals surface area contributed by atoms with Crippen molar-refractivity contribution in [2.24, 2.45) is 0 Å². The Hall–Kier alpha value is -3.70. The lowest BCUT2D eigenvalue weighted by Gasteiger charge is -2.40. The summed E-state index contributed by atoms with van der Waals surface area (Å²) in [6, 6.07) is 10.6. The highest BCUT2D eigenvalue weighted by atomic mass is 19.1. The van der Waals surface area contributed by atoms with E-state index in [2.05, 4.69) is 5.32 Å². The van der Waals surface area contributed by atoms with Crippen molar-refractivity contribution in [1.82, 2.24) is 5.32 Å². The van der Waals surface area contributed by atoms with E-state index in [0.717, 1.165) is 18.2 Å². The van der Waals surface area contributed by atoms with Crippen LogP contribution in [-0.2, 0) is 32.3 Å². The van der Waals surface area contributed by atoms with Crippen LogP contribution in [0.15, 0.2) is 84.5 Å². The van der Waals surface area contributed by atoms with Crippen LogP contribution in [0.2, 0.25) is 0 Å². The lowest BCUT2D eigenvalue weighted by Crippen LogP contribution is -2.56. The molecule has 0 spiro atoms. The first-order chi connectivity index (χ1) is 16.6. The number of hydrogen-bond donors (Lipinski definition) is 4. The molecular weight excluding hydrogens is 464 g/mol. The summed E-state index contributed by atoms with van der Waals surface area (Å²) in [7, 11) is 0. The quantitative estimate of drug-likeness (QED) is 0.299. The molecule has 0 aromatic heterocycles. The van der Waals surface area contributed by atoms with Gasteiger partial charge in [-0.25, -0.2) is 8.78 Å². The van der Waals surface area contributed by atoms with Gasteiger partial charge < -0.3 is 30.1 Å². The number of carboxylic acids is 1. The molecule has 2 aromatic carbocycles. The van der Waals surface area contributed by atoms with E-state index in [1.165, 1.54) is 60.7 Å². The molecule has 0 radical (unpaired) electrons. The van der Waals surface area contributed by atoms with Gasteiger partial charge in [-0.05, 0) is 59.2 Å². The fourth-order valence-corrected chi connectivity index (χ4v) is 3.05. The van der Waals surface area contributed by atoms with Crippen LogP contribution < -0.4 is 5.32 Å². The van der Waals surface area contributed by atoms with Crippen LogP contribution >= 0.6 is 0 Å². The number of amides is 1. The smallest absolute Gasteiger partial charge is 0.322 e. The Morgan fingerprint density at radius 2 is 1.40 bits per heavy atom. The van der Waals surface area contributed by atoms with Gasteiger partial charge in [0.15, 0.2) is 0 Å². The number of carboxylic acid groups (broad SMARTS) is 1. The third-order valence-corrected chi connectivity index (χ3v) is 4.96. The topological polar surface area (TPSA) is 125 Å². The minimum atomic E-state index is -2.45. The molecule has 35 heavy (non-hydrogen) atoms. The Kier molecular flexibility index (Phi) is 8.26. The predicted molar refractivity (Wildman–Crippen MR) is 119 cm³/mol. The average molecular weight is 487 g/mol. The summed E-state index contributed by atoms with van der Waals surface area (Å²) in [5.74, 6) is -7.64. The first kappa shape index (κ1) is 25.9. The molecule has 0 bridgehead atoms. The molecule has 184 valence electrons. The third-order valence-electron chi connectivity index (χ3n) is 4.96. The van der Waals surface area contributed by atoms with Crippen LogP contribution in [0.25, 0.3) is 0 Å². The molecule has 10 heteroatoms. The molecule has 0 saturated carbocycles. The number of nitrogens with one attached hydrogen (secondary N) is 1. The Bertz CT molecular complexity index is 1150. The van der Waals surface area contributed by atoms with E-state index >= 15 is 0 Å². The standard InChI is InChI=1S/C25H23F2NO7/c26-20-6-1-18(2-7-20)15-34-24(32)12-11-17(5-10-22(29)28-14-23(30)31)13-25(24,33)35-16-19-3-8-21(27)9-4-19/h1-13,32-33H,14-16H2,(H,28,29)(H,30,31). The van der Waals surface area contributed by atoms with E-state index in [-0.39, 0.29) is 18.8 Å². The Morgan fingerprint density at radius 3 is 1.91 bits per heavy atom. The summed E-state index contributed by atoms with van der Waals surface area (Å²) in [5, 5.41) is 33.2. The van der Waals surface area contributed by atoms with Crippen molar-refractivity contribution in [2.75, 3.05) is 6.54 Å². The number of aliphatic carboxylic acids is 1. The highest BCUT2D eigenvalue weighted by Gasteiger charge is 2.51. The van der Waals surface area contributed by atoms with Gasteiger partial charge >= 0.3 is 5.97 Å². The first-order valence-electron chi connectivity index (χ1n) is 10.4. The molecule has 2 unspecified atom stereocenters. The normalized spacial score (nSPS) is 21.7. The molecule has 1 aliphatic rings. The maximum absolute atomic E-state index is 13.2. The first-order valence-corrected chi connectivity index (χ1v) is 10.4. The Labute approximate surface area is 199 Å². The van der Waals surface area contributed by atoms with Crippen molar-refractivity contribution in [1.29, 1.82) is 0 Å². The van der Waals surface area contributed by atoms with Crippen molar-refractivity contribution in [3.8, 4) is 0 Å². The number of carbonyl (C=O) groups excluding carboxylic acids is 1. The summed E-state index contributed by atoms with van der Waals surface area (Å²) in [4.78, 5) is 22.3. The number of aliphatic hydroxyl groups is 2. The lowest BCUT2D eigenvalue weighted by atomic mass is 9.94. The second-order valence-corrected chi connectivity index (χ2v) is 7.65. The van der Waals surface area contributed by atoms with Crippen LogP contribution in [0.3, 0.4) is 0 Å². The number of hydrogen-bond acceptors (Lipinski definition) is 6. The summed E-state index contributed by atoms with van der Waals surface area (Å²) in [5.41, 5.74) is 1.25. The second-order valence-electron chi connectivity index (χ2n) is 7.65. The van der Waals surface area contributed by atoms with Gasteiger partial charge in [-0.3, -0.25) is 9.59 Å². The lowest BCUT2D eigenvalue weighted by molar-refractivity contribution is -0.349. The maximum atomic E-state index is 13.2. The molecule has 1 amide bonds. The second kappa shape index (κ2) is 11.2. The fraction of sp³-hybridized carbons (Fsp3) is 0.200. The van der Waals surface area contributed by atoms with Gasteiger partial charge in [0.2, 0.25) is 17.5 Å². The molecule has 0 heterocycles. The van der Waals surface area contributed by atoms with Gasteiger partial charge in [-0.1, -0.05) is 30.3 Å². The zero-order valence-electron chi connectivity index (χ0n) is 18.4. The third kappa shape index (κ3) is 7.14. The number of ether oxygens (including phenoxy) is 2. The van der Waals surface area contributed by atoms with E-state index in [4.69, 9.17) is 14.6 Å². The average Bonchev–Trinajstić information content (AvgIpc) is 2.83. The monoisotopic (exact) mass is 487 g/mol. The van der Waals surface area contributed by atoms with Crippen LogP contribution in [0.1, 0.15) is 11.1 Å². The summed E-state index contributed by atoms with van der Waals surface area (Å²) >= 11 is 0. The van der Waals surface area contributed by atoms with E-state index < -0.39 is 41.6 Å². The zero-order valence-corrected chi connectivity index (χ0v) is 18.4. The Morgan fingerprint density at radius 1 is 0.886 bits per heavy atom. The molecule has 8 nitrogen and oxygen atoms in total. The molecular formula is C25H23F2NO7. The van der Waals surface area contributed by atoms with E-state index in [1.807, 2.05) is 0 Å². The number of allylic oxidation sites excluding steroid dienone is 3. The van der Waals surface area contributed by atoms with Crippen molar-refractivity contribution in [2.45, 2.75) is 24.8 Å². The van der Waals surface area contributed by atoms with Gasteiger partial charge in [0, 0.05) is 6.08 Å². The van der Waals surface area contributed by atoms with Gasteiger partial charge in [0.25, 0.3) is 0 Å². The summed E-state index contributed by atoms with van der Waals surface area (Å²) < 4.78 is 37.5. The SMILES string of the molecule is O=C(O)CNC(=O)C=CC1=CC(O)(OCc2ccc(F)cc2)C(O)(OCc2ccc(F)cc2)C=C1. The van der Waals surface area contributed by atoms with Crippen LogP contribution in [0.5, 0.6) is 0 Å². The number of rotatable bonds is 10. The van der Waals surface area contributed by atoms with Gasteiger partial charge in [-0.2, -0.15) is 0 Å². The van der Waals surface area contributed by atoms with E-state index in [9.17, 15) is 28.6 Å². The summed E-state index contributed by atoms with van der Waals surface area (Å²) in [6.07, 6.45) is 5.92. The van der Waals surface area contributed by atoms with Gasteiger partial charge in [0.1, 0.15) is 18.2 Å². The van der Waals surface area contributed by atoms with Crippen molar-refractivity contribution in [3.05, 3.63) is 107 Å². The molecule has 2 atom stereocenters. The zero-order chi connectivity index (χ0) is 25.5. The van der Waals surface area contributed by atoms with Crippen LogP contribution in [0.4, 0.5) is 8.78 Å². The molecule has 3 rings (SSSR count). The van der Waals surface area contributed by atoms with E-state index in [1.54, 1.807) is 0 Å². The fourth-order valence-electron chi connectivity index (χ4n) is 3.05. The maximum Gasteiger partial charge on any atom is 0.322 e. The van der Waals surface area contributed by atoms with Crippen LogP contribution in [-0.4, -0.2) is 45.3 Å².